The fourth-order valence-corrected chi connectivity index (χ4v) is 16.2. The lowest BCUT2D eigenvalue weighted by Gasteiger charge is -2.45. The number of nitrogens with zero attached hydrogens (tertiary/aromatic N) is 6. The van der Waals surface area contributed by atoms with E-state index in [1.54, 1.807) is 6.07 Å². The molecule has 0 atom stereocenters. The van der Waals surface area contributed by atoms with Crippen LogP contribution in [0.15, 0.2) is 267 Å². The molecule has 107 heavy (non-hydrogen) atoms. The smallest absolute Gasteiger partial charge is 0.252 e. The molecule has 0 radical (unpaired) electrons. The molecule has 0 fully saturated rings. The van der Waals surface area contributed by atoms with E-state index in [4.69, 9.17) is 1.37 Å². The Morgan fingerprint density at radius 2 is 0.729 bits per heavy atom. The summed E-state index contributed by atoms with van der Waals surface area (Å²) in [5.41, 5.74) is 17.2. The molecule has 0 bridgehead atoms. The van der Waals surface area contributed by atoms with Crippen molar-refractivity contribution in [2.75, 3.05) is 9.80 Å². The molecule has 2 aliphatic heterocycles. The SMILES string of the molecule is [2H]c1c([2H])c([2H])c(-c2ccc3c(c2)N(c2ccc(C#N)c(-n4c5ccccc5c5ccccc54)c2-c2c([2H])c([2H])c(C(C)(C)C)c([2H])c2[2H])c2cc(-c4ccc(C(C)(C)C)cc4)cc4c2B3c2ccc(-c3cc(C(C)(C)C)cc(C(C)(C)C)c3)cc2N4c2cc(C(C)(C)C)cc(-n3c4ccccc4c4ccccc43)c2C#N)c([2H])c1[2H]. The van der Waals surface area contributed by atoms with Crippen LogP contribution >= 0.6 is 0 Å². The third kappa shape index (κ3) is 11.4. The molecule has 7 heteroatoms. The van der Waals surface area contributed by atoms with Crippen LogP contribution in [0.5, 0.6) is 0 Å². The zero-order chi connectivity index (χ0) is 82.4. The number of para-hydroxylation sites is 4. The van der Waals surface area contributed by atoms with Crippen molar-refractivity contribution in [1.82, 2.24) is 9.13 Å². The molecule has 6 nitrogen and oxygen atoms in total. The van der Waals surface area contributed by atoms with Crippen LogP contribution in [-0.2, 0) is 27.1 Å². The van der Waals surface area contributed by atoms with Gasteiger partial charge in [-0.1, -0.05) is 298 Å². The minimum Gasteiger partial charge on any atom is -0.311 e. The van der Waals surface area contributed by atoms with Gasteiger partial charge in [0.05, 0.1) is 62.7 Å². The van der Waals surface area contributed by atoms with Crippen molar-refractivity contribution in [2.24, 2.45) is 0 Å². The van der Waals surface area contributed by atoms with E-state index in [-0.39, 0.29) is 68.2 Å². The number of rotatable bonds is 8. The number of benzene rings is 13. The highest BCUT2D eigenvalue weighted by molar-refractivity contribution is 7.00. The molecule has 2 aliphatic rings. The second-order valence-corrected chi connectivity index (χ2v) is 34.2. The summed E-state index contributed by atoms with van der Waals surface area (Å²) in [6.45, 7) is 31.6. The third-order valence-electron chi connectivity index (χ3n) is 22.0. The minimum absolute atomic E-state index is 0.0323. The van der Waals surface area contributed by atoms with Gasteiger partial charge in [-0.2, -0.15) is 10.5 Å². The maximum absolute atomic E-state index is 12.7. The summed E-state index contributed by atoms with van der Waals surface area (Å²) in [6, 6.07) is 75.0. The van der Waals surface area contributed by atoms with Gasteiger partial charge in [0.25, 0.3) is 6.71 Å². The molecular formula is C100H89BN6. The van der Waals surface area contributed by atoms with Crippen LogP contribution in [0.3, 0.4) is 0 Å². The Morgan fingerprint density at radius 1 is 0.308 bits per heavy atom. The van der Waals surface area contributed by atoms with Crippen molar-refractivity contribution in [3.8, 4) is 68.0 Å². The molecular weight excluding hydrogens is 1300 g/mol. The quantitative estimate of drug-likeness (QED) is 0.142. The fourth-order valence-electron chi connectivity index (χ4n) is 16.2. The van der Waals surface area contributed by atoms with Crippen LogP contribution in [0.2, 0.25) is 0 Å². The molecule has 13 aromatic carbocycles. The molecule has 0 spiro atoms. The highest BCUT2D eigenvalue weighted by Gasteiger charge is 2.46. The van der Waals surface area contributed by atoms with Crippen LogP contribution in [0.4, 0.5) is 34.1 Å². The highest BCUT2D eigenvalue weighted by atomic mass is 15.2. The van der Waals surface area contributed by atoms with Gasteiger partial charge in [0.15, 0.2) is 0 Å². The van der Waals surface area contributed by atoms with E-state index < -0.39 is 47.8 Å². The van der Waals surface area contributed by atoms with Crippen molar-refractivity contribution in [3.05, 3.63) is 306 Å². The predicted octanol–water partition coefficient (Wildman–Crippen LogP) is 24.9. The number of nitriles is 2. The average molecular weight is 1390 g/mol. The van der Waals surface area contributed by atoms with Crippen molar-refractivity contribution < 1.29 is 12.3 Å². The zero-order valence-corrected chi connectivity index (χ0v) is 63.5. The van der Waals surface area contributed by atoms with Crippen molar-refractivity contribution in [2.45, 2.75) is 131 Å². The average Bonchev–Trinajstić information content (AvgIpc) is 0.694. The number of hydrogen-bond acceptors (Lipinski definition) is 4. The molecule has 17 rings (SSSR count). The van der Waals surface area contributed by atoms with Crippen LogP contribution in [0, 0.1) is 22.7 Å². The normalized spacial score (nSPS) is 14.3. The number of aromatic nitrogens is 2. The Morgan fingerprint density at radius 3 is 1.21 bits per heavy atom. The van der Waals surface area contributed by atoms with Gasteiger partial charge >= 0.3 is 0 Å². The summed E-state index contributed by atoms with van der Waals surface area (Å²) in [4.78, 5) is 4.41. The van der Waals surface area contributed by atoms with Crippen LogP contribution < -0.4 is 26.2 Å². The first kappa shape index (κ1) is 58.4. The van der Waals surface area contributed by atoms with Crippen molar-refractivity contribution in [1.29, 1.82) is 10.5 Å². The summed E-state index contributed by atoms with van der Waals surface area (Å²) in [5.74, 6) is 0. The molecule has 4 heterocycles. The molecule has 15 aromatic rings. The highest BCUT2D eigenvalue weighted by Crippen LogP contribution is 2.54. The monoisotopic (exact) mass is 1390 g/mol. The van der Waals surface area contributed by atoms with E-state index in [1.165, 1.54) is 11.1 Å². The molecule has 0 N–H and O–H groups in total. The Kier molecular flexibility index (Phi) is 13.6. The van der Waals surface area contributed by atoms with Gasteiger partial charge in [0, 0.05) is 49.9 Å². The second-order valence-electron chi connectivity index (χ2n) is 34.2. The van der Waals surface area contributed by atoms with E-state index in [0.29, 0.717) is 62.0 Å². The van der Waals surface area contributed by atoms with Gasteiger partial charge < -0.3 is 18.9 Å². The third-order valence-corrected chi connectivity index (χ3v) is 22.0. The van der Waals surface area contributed by atoms with Gasteiger partial charge in [0.2, 0.25) is 0 Å². The summed E-state index contributed by atoms with van der Waals surface area (Å²) in [7, 11) is 0. The summed E-state index contributed by atoms with van der Waals surface area (Å²) in [6.07, 6.45) is 0. The fraction of sp³-hybridized carbons (Fsp3) is 0.200. The van der Waals surface area contributed by atoms with Crippen LogP contribution in [0.25, 0.3) is 99.5 Å². The van der Waals surface area contributed by atoms with E-state index >= 15 is 0 Å². The van der Waals surface area contributed by atoms with E-state index in [2.05, 4.69) is 231 Å². The van der Waals surface area contributed by atoms with E-state index in [0.717, 1.165) is 88.0 Å². The van der Waals surface area contributed by atoms with Crippen LogP contribution in [-0.4, -0.2) is 15.8 Å². The van der Waals surface area contributed by atoms with Gasteiger partial charge in [0.1, 0.15) is 17.7 Å². The summed E-state index contributed by atoms with van der Waals surface area (Å²) < 4.78 is 92.5. The largest absolute Gasteiger partial charge is 0.311 e. The molecule has 522 valence electrons. The molecule has 2 aromatic heterocycles. The Bertz CT molecular complexity index is 6640. The maximum Gasteiger partial charge on any atom is 0.252 e. The molecule has 0 saturated carbocycles. The van der Waals surface area contributed by atoms with Gasteiger partial charge in [-0.15, -0.1) is 0 Å². The van der Waals surface area contributed by atoms with E-state index in [9.17, 15) is 21.5 Å². The minimum atomic E-state index is -0.868. The van der Waals surface area contributed by atoms with Gasteiger partial charge in [-0.3, -0.25) is 0 Å². The van der Waals surface area contributed by atoms with Crippen LogP contribution in [0.1, 0.15) is 155 Å². The molecule has 0 aliphatic carbocycles. The molecule has 0 unspecified atom stereocenters. The van der Waals surface area contributed by atoms with Gasteiger partial charge in [-0.05, 0) is 183 Å². The Hall–Kier alpha value is -11.9. The zero-order valence-electron chi connectivity index (χ0n) is 72.5. The lowest BCUT2D eigenvalue weighted by Crippen LogP contribution is -2.61. The topological polar surface area (TPSA) is 63.9 Å². The second kappa shape index (κ2) is 24.9. The summed E-state index contributed by atoms with van der Waals surface area (Å²) >= 11 is 0. The Balaban J connectivity index is 1.10. The molecule has 0 saturated heterocycles. The Labute approximate surface area is 643 Å². The van der Waals surface area contributed by atoms with Crippen molar-refractivity contribution >= 4 is 101 Å². The first-order valence-electron chi connectivity index (χ1n) is 41.6. The maximum atomic E-state index is 12.7. The number of anilines is 6. The summed E-state index contributed by atoms with van der Waals surface area (Å²) in [5, 5.41) is 28.6. The number of fused-ring (bicyclic) bond motifs is 10. The van der Waals surface area contributed by atoms with Crippen molar-refractivity contribution in [3.63, 3.8) is 0 Å². The van der Waals surface area contributed by atoms with Gasteiger partial charge in [-0.25, -0.2) is 0 Å². The lowest BCUT2D eigenvalue weighted by atomic mass is 9.33. The lowest BCUT2D eigenvalue weighted by molar-refractivity contribution is 0.569. The first-order chi connectivity index (χ1) is 54.9. The standard InChI is InChI=1S/C100H89BN6/c1-96(2,3)70-44-37-63(38-45-70)69-55-91-94-92(56-69)106(88-59-74(100(13,14)15)58-87(79(88)61-103)104-82-33-23-19-29-75(82)76-30-20-24-34-83(76)104)90-54-66(68-51-72(98(7,8)9)57-73(52-68)99(10,11)12)42-49-81(90)101(94)80-48-41-65(62-27-17-16-18-28-62)53-89(80)105(91)86-50-43-67(60-102)95(93(86)64-39-46-71(47-40-64)97(4,5)6)107-84-35-25-21-31-77(84)78-32-22-26-36-85(78)107/h16-59H,1-15H3/i16D,17D,18D,27D,28D,39D,40D,46D,47D. The predicted molar refractivity (Wildman–Crippen MR) is 454 cm³/mol. The first-order valence-corrected chi connectivity index (χ1v) is 37.1. The van der Waals surface area contributed by atoms with E-state index in [1.807, 2.05) is 110 Å². The molecule has 0 amide bonds. The number of hydrogen-bond donors (Lipinski definition) is 0.